The van der Waals surface area contributed by atoms with Gasteiger partial charge in [0, 0.05) is 29.7 Å². The summed E-state index contributed by atoms with van der Waals surface area (Å²) in [5.74, 6) is 0.434. The summed E-state index contributed by atoms with van der Waals surface area (Å²) >= 11 is 6.09. The minimum atomic E-state index is -0.438. The Balaban J connectivity index is 1.69. The molecule has 10 heteroatoms. The van der Waals surface area contributed by atoms with E-state index in [1.54, 1.807) is 24.5 Å². The summed E-state index contributed by atoms with van der Waals surface area (Å²) in [7, 11) is 3.82. The van der Waals surface area contributed by atoms with Gasteiger partial charge in [0.2, 0.25) is 5.91 Å². The number of rotatable bonds is 7. The fraction of sp³-hybridized carbons (Fsp3) is 0.261. The van der Waals surface area contributed by atoms with Crippen LogP contribution in [0.25, 0.3) is 11.3 Å². The average molecular weight is 471 g/mol. The summed E-state index contributed by atoms with van der Waals surface area (Å²) in [6.45, 7) is 1.66. The largest absolute Gasteiger partial charge is 0.486 e. The maximum Gasteiger partial charge on any atom is 0.225 e. The predicted molar refractivity (Wildman–Crippen MR) is 128 cm³/mol. The molecule has 0 fully saturated rings. The standard InChI is InChI=1S/C23H24ClFN6O2/c1-31(2)9-6-21(32)29-20-13-26-7-5-17(20)28-19-12-18(15-11-14(24)3-4-16(15)25)30-23-22(19)33-10-8-27-23/h3-5,7,11-13H,6,8-10H2,1-2H3,(H,29,32)(H2,26,27,28,30). The van der Waals surface area contributed by atoms with Crippen LogP contribution in [0.1, 0.15) is 6.42 Å². The van der Waals surface area contributed by atoms with Gasteiger partial charge in [0.05, 0.1) is 35.5 Å². The summed E-state index contributed by atoms with van der Waals surface area (Å²) < 4.78 is 20.4. The molecule has 0 aliphatic carbocycles. The first-order valence-electron chi connectivity index (χ1n) is 10.4. The third-order valence-corrected chi connectivity index (χ3v) is 5.20. The molecule has 0 atom stereocenters. The maximum absolute atomic E-state index is 14.6. The molecule has 0 bridgehead atoms. The summed E-state index contributed by atoms with van der Waals surface area (Å²) in [4.78, 5) is 23.0. The number of hydrogen-bond acceptors (Lipinski definition) is 7. The number of carbonyl (C=O) groups excluding carboxylic acids is 1. The Morgan fingerprint density at radius 2 is 2.09 bits per heavy atom. The Hall–Kier alpha value is -3.43. The van der Waals surface area contributed by atoms with Gasteiger partial charge in [-0.2, -0.15) is 0 Å². The number of nitrogens with zero attached hydrogens (tertiary/aromatic N) is 3. The number of benzene rings is 1. The van der Waals surface area contributed by atoms with Crippen molar-refractivity contribution >= 4 is 40.4 Å². The summed E-state index contributed by atoms with van der Waals surface area (Å²) in [5, 5.41) is 9.77. The van der Waals surface area contributed by atoms with E-state index in [4.69, 9.17) is 16.3 Å². The van der Waals surface area contributed by atoms with E-state index in [2.05, 4.69) is 25.9 Å². The highest BCUT2D eigenvalue weighted by Gasteiger charge is 2.21. The van der Waals surface area contributed by atoms with Gasteiger partial charge in [-0.25, -0.2) is 9.37 Å². The summed E-state index contributed by atoms with van der Waals surface area (Å²) in [6, 6.07) is 7.76. The van der Waals surface area contributed by atoms with Gasteiger partial charge in [-0.05, 0) is 44.4 Å². The van der Waals surface area contributed by atoms with Crippen molar-refractivity contribution in [2.24, 2.45) is 0 Å². The average Bonchev–Trinajstić information content (AvgIpc) is 2.80. The SMILES string of the molecule is CN(C)CCC(=O)Nc1cnccc1Nc1cc(-c2cc(Cl)ccc2F)nc2c1OCCN2. The van der Waals surface area contributed by atoms with Gasteiger partial charge < -0.3 is 25.6 Å². The zero-order valence-corrected chi connectivity index (χ0v) is 19.0. The van der Waals surface area contributed by atoms with Crippen LogP contribution in [0.5, 0.6) is 5.75 Å². The molecule has 8 nitrogen and oxygen atoms in total. The predicted octanol–water partition coefficient (Wildman–Crippen LogP) is 4.37. The van der Waals surface area contributed by atoms with Crippen molar-refractivity contribution in [3.63, 3.8) is 0 Å². The monoisotopic (exact) mass is 470 g/mol. The van der Waals surface area contributed by atoms with Crippen LogP contribution in [-0.2, 0) is 4.79 Å². The van der Waals surface area contributed by atoms with Gasteiger partial charge in [-0.15, -0.1) is 0 Å². The Morgan fingerprint density at radius 3 is 2.91 bits per heavy atom. The summed E-state index contributed by atoms with van der Waals surface area (Å²) in [5.41, 5.74) is 2.36. The number of hydrogen-bond donors (Lipinski definition) is 3. The van der Waals surface area contributed by atoms with Gasteiger partial charge >= 0.3 is 0 Å². The van der Waals surface area contributed by atoms with E-state index in [9.17, 15) is 9.18 Å². The molecule has 3 N–H and O–H groups in total. The number of amides is 1. The summed E-state index contributed by atoms with van der Waals surface area (Å²) in [6.07, 6.45) is 3.53. The lowest BCUT2D eigenvalue weighted by Gasteiger charge is -2.23. The lowest BCUT2D eigenvalue weighted by molar-refractivity contribution is -0.116. The molecule has 1 aliphatic rings. The Bertz CT molecular complexity index is 1170. The van der Waals surface area contributed by atoms with Crippen LogP contribution in [0.15, 0.2) is 42.7 Å². The van der Waals surface area contributed by atoms with Crippen molar-refractivity contribution in [2.45, 2.75) is 6.42 Å². The molecule has 3 heterocycles. The third-order valence-electron chi connectivity index (χ3n) is 4.97. The Labute approximate surface area is 196 Å². The first-order chi connectivity index (χ1) is 15.9. The number of anilines is 4. The minimum Gasteiger partial charge on any atom is -0.486 e. The highest BCUT2D eigenvalue weighted by Crippen LogP contribution is 2.40. The van der Waals surface area contributed by atoms with E-state index < -0.39 is 5.82 Å². The molecule has 3 aromatic rings. The molecule has 172 valence electrons. The first kappa shape index (κ1) is 22.8. The molecular weight excluding hydrogens is 447 g/mol. The number of halogens is 2. The van der Waals surface area contributed by atoms with Gasteiger partial charge in [0.1, 0.15) is 12.4 Å². The smallest absolute Gasteiger partial charge is 0.225 e. The van der Waals surface area contributed by atoms with Crippen molar-refractivity contribution < 1.29 is 13.9 Å². The van der Waals surface area contributed by atoms with Crippen molar-refractivity contribution in [1.82, 2.24) is 14.9 Å². The third kappa shape index (κ3) is 5.50. The Morgan fingerprint density at radius 1 is 1.24 bits per heavy atom. The van der Waals surface area contributed by atoms with E-state index >= 15 is 0 Å². The molecular formula is C23H24ClFN6O2. The molecule has 0 saturated heterocycles. The molecule has 4 rings (SSSR count). The number of aromatic nitrogens is 2. The molecule has 1 aromatic carbocycles. The van der Waals surface area contributed by atoms with Gasteiger partial charge in [0.25, 0.3) is 0 Å². The maximum atomic E-state index is 14.6. The van der Waals surface area contributed by atoms with Crippen LogP contribution in [0.4, 0.5) is 27.3 Å². The number of carbonyl (C=O) groups is 1. The lowest BCUT2D eigenvalue weighted by Crippen LogP contribution is -2.21. The fourth-order valence-corrected chi connectivity index (χ4v) is 3.50. The Kier molecular flexibility index (Phi) is 6.90. The minimum absolute atomic E-state index is 0.129. The van der Waals surface area contributed by atoms with Crippen LogP contribution in [-0.4, -0.2) is 54.6 Å². The number of nitrogens with one attached hydrogen (secondary N) is 3. The van der Waals surface area contributed by atoms with E-state index in [-0.39, 0.29) is 11.5 Å². The first-order valence-corrected chi connectivity index (χ1v) is 10.8. The van der Waals surface area contributed by atoms with E-state index in [0.29, 0.717) is 65.5 Å². The lowest BCUT2D eigenvalue weighted by atomic mass is 10.1. The van der Waals surface area contributed by atoms with E-state index in [1.807, 2.05) is 19.0 Å². The molecule has 0 spiro atoms. The van der Waals surface area contributed by atoms with Crippen LogP contribution >= 0.6 is 11.6 Å². The molecule has 1 amide bonds. The van der Waals surface area contributed by atoms with Crippen molar-refractivity contribution in [1.29, 1.82) is 0 Å². The molecule has 33 heavy (non-hydrogen) atoms. The zero-order valence-electron chi connectivity index (χ0n) is 18.3. The normalized spacial score (nSPS) is 12.5. The zero-order chi connectivity index (χ0) is 23.4. The second-order valence-electron chi connectivity index (χ2n) is 7.78. The molecule has 0 radical (unpaired) electrons. The van der Waals surface area contributed by atoms with Crippen molar-refractivity contribution in [3.05, 3.63) is 53.6 Å². The molecule has 2 aromatic heterocycles. The highest BCUT2D eigenvalue weighted by molar-refractivity contribution is 6.30. The van der Waals surface area contributed by atoms with Crippen molar-refractivity contribution in [3.8, 4) is 17.0 Å². The quantitative estimate of drug-likeness (QED) is 0.472. The number of ether oxygens (including phenoxy) is 1. The molecule has 1 aliphatic heterocycles. The molecule has 0 saturated carbocycles. The van der Waals surface area contributed by atoms with Gasteiger partial charge in [-0.1, -0.05) is 11.6 Å². The van der Waals surface area contributed by atoms with Crippen LogP contribution in [0.3, 0.4) is 0 Å². The van der Waals surface area contributed by atoms with E-state index in [1.165, 1.54) is 18.2 Å². The highest BCUT2D eigenvalue weighted by atomic mass is 35.5. The van der Waals surface area contributed by atoms with Crippen LogP contribution in [0, 0.1) is 5.82 Å². The van der Waals surface area contributed by atoms with Gasteiger partial charge in [0.15, 0.2) is 11.6 Å². The van der Waals surface area contributed by atoms with Crippen LogP contribution in [0.2, 0.25) is 5.02 Å². The molecule has 0 unspecified atom stereocenters. The van der Waals surface area contributed by atoms with Crippen LogP contribution < -0.4 is 20.7 Å². The fourth-order valence-electron chi connectivity index (χ4n) is 3.33. The topological polar surface area (TPSA) is 91.4 Å². The number of pyridine rings is 2. The van der Waals surface area contributed by atoms with E-state index in [0.717, 1.165) is 0 Å². The second-order valence-corrected chi connectivity index (χ2v) is 8.22. The number of fused-ring (bicyclic) bond motifs is 1. The van der Waals surface area contributed by atoms with Gasteiger partial charge in [-0.3, -0.25) is 9.78 Å². The van der Waals surface area contributed by atoms with Crippen molar-refractivity contribution in [2.75, 3.05) is 49.7 Å². The second kappa shape index (κ2) is 10.0.